The molecule has 2 fully saturated rings. The average molecular weight is 373 g/mol. The molecule has 0 unspecified atom stereocenters. The topological polar surface area (TPSA) is 61.9 Å². The van der Waals surface area contributed by atoms with Gasteiger partial charge in [0, 0.05) is 39.1 Å². The van der Waals surface area contributed by atoms with Gasteiger partial charge >= 0.3 is 0 Å². The first-order chi connectivity index (χ1) is 13.1. The van der Waals surface area contributed by atoms with E-state index >= 15 is 0 Å². The van der Waals surface area contributed by atoms with Crippen molar-refractivity contribution in [2.45, 2.75) is 39.2 Å². The van der Waals surface area contributed by atoms with Crippen LogP contribution in [0, 0.1) is 5.41 Å². The molecule has 27 heavy (non-hydrogen) atoms. The number of methoxy groups -OCH3 is 1. The number of nitrogens with one attached hydrogen (secondary N) is 1. The van der Waals surface area contributed by atoms with E-state index in [2.05, 4.69) is 10.2 Å². The van der Waals surface area contributed by atoms with E-state index in [1.807, 2.05) is 36.1 Å². The zero-order valence-corrected chi connectivity index (χ0v) is 16.5. The molecule has 1 spiro atoms. The third-order valence-corrected chi connectivity index (χ3v) is 5.79. The number of piperidine rings is 1. The zero-order chi connectivity index (χ0) is 19.3. The summed E-state index contributed by atoms with van der Waals surface area (Å²) in [5.74, 6) is 1.19. The number of carbonyl (C=O) groups is 2. The quantitative estimate of drug-likeness (QED) is 0.795. The number of carbonyl (C=O) groups excluding carboxylic acids is 2. The monoisotopic (exact) mass is 373 g/mol. The first-order valence-corrected chi connectivity index (χ1v) is 9.98. The van der Waals surface area contributed by atoms with E-state index < -0.39 is 0 Å². The lowest BCUT2D eigenvalue weighted by Gasteiger charge is -2.39. The van der Waals surface area contributed by atoms with Crippen molar-refractivity contribution in [1.82, 2.24) is 15.1 Å². The number of rotatable bonds is 7. The summed E-state index contributed by atoms with van der Waals surface area (Å²) in [6.07, 6.45) is 3.40. The Morgan fingerprint density at radius 2 is 2.15 bits per heavy atom. The average Bonchev–Trinajstić information content (AvgIpc) is 3.08. The van der Waals surface area contributed by atoms with Crippen LogP contribution in [0.2, 0.25) is 0 Å². The molecule has 1 N–H and O–H groups in total. The highest BCUT2D eigenvalue weighted by atomic mass is 16.5. The minimum absolute atomic E-state index is 0.0908. The minimum atomic E-state index is -0.266. The number of hydrogen-bond donors (Lipinski definition) is 1. The van der Waals surface area contributed by atoms with Gasteiger partial charge in [-0.05, 0) is 50.4 Å². The maximum Gasteiger partial charge on any atom is 0.230 e. The van der Waals surface area contributed by atoms with Crippen molar-refractivity contribution < 1.29 is 14.3 Å². The Kier molecular flexibility index (Phi) is 6.37. The number of nitrogens with zero attached hydrogens (tertiary/aromatic N) is 2. The van der Waals surface area contributed by atoms with Crippen LogP contribution in [0.4, 0.5) is 0 Å². The predicted molar refractivity (Wildman–Crippen MR) is 104 cm³/mol. The number of likely N-dealkylation sites (tertiary alicyclic amines) is 2. The summed E-state index contributed by atoms with van der Waals surface area (Å²) < 4.78 is 5.30. The first kappa shape index (κ1) is 19.7. The molecule has 2 heterocycles. The molecule has 2 amide bonds. The molecule has 6 nitrogen and oxygen atoms in total. The van der Waals surface area contributed by atoms with Crippen LogP contribution in [0.15, 0.2) is 24.3 Å². The van der Waals surface area contributed by atoms with Gasteiger partial charge < -0.3 is 19.9 Å². The highest BCUT2D eigenvalue weighted by molar-refractivity contribution is 5.84. The van der Waals surface area contributed by atoms with Gasteiger partial charge in [-0.25, -0.2) is 0 Å². The Hall–Kier alpha value is -2.08. The molecular formula is C21H31N3O3. The molecule has 0 saturated carbocycles. The largest absolute Gasteiger partial charge is 0.497 e. The van der Waals surface area contributed by atoms with Crippen LogP contribution < -0.4 is 10.1 Å². The van der Waals surface area contributed by atoms with Crippen LogP contribution in [-0.2, 0) is 16.1 Å². The zero-order valence-electron chi connectivity index (χ0n) is 16.5. The molecule has 0 aromatic heterocycles. The normalized spacial score (nSPS) is 23.0. The molecule has 0 radical (unpaired) electrons. The fraction of sp³-hybridized carbons (Fsp3) is 0.619. The van der Waals surface area contributed by atoms with Crippen LogP contribution in [0.25, 0.3) is 0 Å². The molecule has 2 aliphatic heterocycles. The van der Waals surface area contributed by atoms with E-state index in [1.165, 1.54) is 0 Å². The molecular weight excluding hydrogens is 342 g/mol. The molecule has 1 aromatic rings. The van der Waals surface area contributed by atoms with Gasteiger partial charge in [-0.15, -0.1) is 0 Å². The molecule has 1 atom stereocenters. The second-order valence-electron chi connectivity index (χ2n) is 7.69. The lowest BCUT2D eigenvalue weighted by molar-refractivity contribution is -0.146. The van der Waals surface area contributed by atoms with E-state index in [1.54, 1.807) is 7.11 Å². The van der Waals surface area contributed by atoms with Gasteiger partial charge in [0.15, 0.2) is 0 Å². The van der Waals surface area contributed by atoms with Crippen molar-refractivity contribution in [2.75, 3.05) is 39.8 Å². The molecule has 1 aromatic carbocycles. The molecule has 2 saturated heterocycles. The van der Waals surface area contributed by atoms with Crippen molar-refractivity contribution in [2.24, 2.45) is 5.41 Å². The number of amides is 2. The summed E-state index contributed by atoms with van der Waals surface area (Å²) in [7, 11) is 1.66. The molecule has 6 heteroatoms. The smallest absolute Gasteiger partial charge is 0.230 e. The summed E-state index contributed by atoms with van der Waals surface area (Å²) in [6, 6.07) is 7.94. The second-order valence-corrected chi connectivity index (χ2v) is 7.69. The van der Waals surface area contributed by atoms with E-state index in [9.17, 15) is 9.59 Å². The van der Waals surface area contributed by atoms with E-state index in [0.717, 1.165) is 56.8 Å². The third-order valence-electron chi connectivity index (χ3n) is 5.79. The van der Waals surface area contributed by atoms with Gasteiger partial charge in [0.25, 0.3) is 0 Å². The van der Waals surface area contributed by atoms with Crippen molar-refractivity contribution in [3.05, 3.63) is 29.8 Å². The Morgan fingerprint density at radius 3 is 2.93 bits per heavy atom. The summed E-state index contributed by atoms with van der Waals surface area (Å²) in [5, 5.41) is 2.84. The lowest BCUT2D eigenvalue weighted by Crippen LogP contribution is -2.49. The third kappa shape index (κ3) is 4.61. The van der Waals surface area contributed by atoms with Crippen molar-refractivity contribution in [1.29, 1.82) is 0 Å². The van der Waals surface area contributed by atoms with E-state index in [0.29, 0.717) is 19.5 Å². The van der Waals surface area contributed by atoms with Crippen LogP contribution >= 0.6 is 0 Å². The van der Waals surface area contributed by atoms with Crippen LogP contribution in [0.5, 0.6) is 5.75 Å². The molecule has 3 rings (SSSR count). The molecule has 2 aliphatic rings. The fourth-order valence-corrected chi connectivity index (χ4v) is 4.37. The van der Waals surface area contributed by atoms with Crippen LogP contribution in [0.3, 0.4) is 0 Å². The summed E-state index contributed by atoms with van der Waals surface area (Å²) in [5.41, 5.74) is 0.837. The highest BCUT2D eigenvalue weighted by Crippen LogP contribution is 2.40. The Balaban J connectivity index is 1.60. The van der Waals surface area contributed by atoms with Crippen LogP contribution in [0.1, 0.15) is 38.2 Å². The SMILES string of the molecule is CCNC(=O)CCN1CC[C@@]2(CCCN(Cc3cccc(OC)c3)C2=O)C1. The molecule has 0 bridgehead atoms. The number of ether oxygens (including phenoxy) is 1. The maximum atomic E-state index is 13.3. The predicted octanol–water partition coefficient (Wildman–Crippen LogP) is 2.04. The van der Waals surface area contributed by atoms with Crippen molar-refractivity contribution >= 4 is 11.8 Å². The fourth-order valence-electron chi connectivity index (χ4n) is 4.37. The van der Waals surface area contributed by atoms with Gasteiger partial charge in [0.05, 0.1) is 12.5 Å². The summed E-state index contributed by atoms with van der Waals surface area (Å²) >= 11 is 0. The second kappa shape index (κ2) is 8.74. The molecule has 0 aliphatic carbocycles. The summed E-state index contributed by atoms with van der Waals surface area (Å²) in [6.45, 7) is 6.46. The lowest BCUT2D eigenvalue weighted by atomic mass is 9.78. The van der Waals surface area contributed by atoms with Gasteiger partial charge in [-0.3, -0.25) is 9.59 Å². The van der Waals surface area contributed by atoms with E-state index in [4.69, 9.17) is 4.74 Å². The minimum Gasteiger partial charge on any atom is -0.497 e. The van der Waals surface area contributed by atoms with Gasteiger partial charge in [-0.2, -0.15) is 0 Å². The van der Waals surface area contributed by atoms with Crippen molar-refractivity contribution in [3.8, 4) is 5.75 Å². The highest BCUT2D eigenvalue weighted by Gasteiger charge is 2.48. The Labute approximate surface area is 161 Å². The van der Waals surface area contributed by atoms with Crippen molar-refractivity contribution in [3.63, 3.8) is 0 Å². The van der Waals surface area contributed by atoms with Gasteiger partial charge in [0.2, 0.25) is 11.8 Å². The van der Waals surface area contributed by atoms with Gasteiger partial charge in [-0.1, -0.05) is 12.1 Å². The van der Waals surface area contributed by atoms with Crippen LogP contribution in [-0.4, -0.2) is 61.4 Å². The Bertz CT molecular complexity index is 678. The number of benzene rings is 1. The summed E-state index contributed by atoms with van der Waals surface area (Å²) in [4.78, 5) is 29.3. The first-order valence-electron chi connectivity index (χ1n) is 9.98. The molecule has 148 valence electrons. The number of hydrogen-bond acceptors (Lipinski definition) is 4. The Morgan fingerprint density at radius 1 is 1.30 bits per heavy atom. The van der Waals surface area contributed by atoms with Gasteiger partial charge in [0.1, 0.15) is 5.75 Å². The standard InChI is InChI=1S/C21H31N3O3/c1-3-22-19(25)8-12-23-13-10-21(16-23)9-5-11-24(20(21)26)15-17-6-4-7-18(14-17)27-2/h4,6-7,14H,3,5,8-13,15-16H2,1-2H3,(H,22,25)/t21-/m0/s1. The van der Waals surface area contributed by atoms with E-state index in [-0.39, 0.29) is 17.2 Å². The maximum absolute atomic E-state index is 13.3.